The van der Waals surface area contributed by atoms with Crippen LogP contribution in [0.15, 0.2) is 72.1 Å². The summed E-state index contributed by atoms with van der Waals surface area (Å²) in [4.78, 5) is 26.2. The lowest BCUT2D eigenvalue weighted by atomic mass is 9.69. The van der Waals surface area contributed by atoms with E-state index in [4.69, 9.17) is 14.2 Å². The second kappa shape index (κ2) is 8.91. The molecule has 0 spiro atoms. The Hall–Kier alpha value is -3.54. The van der Waals surface area contributed by atoms with E-state index >= 15 is 0 Å². The van der Waals surface area contributed by atoms with Crippen LogP contribution in [0.4, 0.5) is 0 Å². The normalized spacial score (nSPS) is 22.7. The Balaban J connectivity index is 1.75. The first-order valence-corrected chi connectivity index (χ1v) is 10.5. The van der Waals surface area contributed by atoms with Gasteiger partial charge >= 0.3 is 5.97 Å². The number of benzene rings is 2. The molecule has 0 radical (unpaired) electrons. The van der Waals surface area contributed by atoms with Crippen LogP contribution in [0, 0.1) is 5.92 Å². The Bertz CT molecular complexity index is 1070. The number of carbonyl (C=O) groups excluding carboxylic acids is 2. The van der Waals surface area contributed by atoms with Gasteiger partial charge in [-0.3, -0.25) is 9.59 Å². The highest BCUT2D eigenvalue weighted by molar-refractivity contribution is 6.01. The SMILES string of the molecule is C=C1NC2=C(C(=O)CC(c3ccc(OC)cc3)C2)C(c2ccc(OC)cc2)C1C(=O)OC. The van der Waals surface area contributed by atoms with Crippen molar-refractivity contribution in [3.8, 4) is 11.5 Å². The maximum Gasteiger partial charge on any atom is 0.315 e. The van der Waals surface area contributed by atoms with Gasteiger partial charge in [0.2, 0.25) is 0 Å². The first-order chi connectivity index (χ1) is 15.5. The van der Waals surface area contributed by atoms with Gasteiger partial charge in [-0.25, -0.2) is 0 Å². The van der Waals surface area contributed by atoms with Crippen molar-refractivity contribution < 1.29 is 23.8 Å². The van der Waals surface area contributed by atoms with Crippen molar-refractivity contribution in [1.82, 2.24) is 5.32 Å². The van der Waals surface area contributed by atoms with Gasteiger partial charge in [0.15, 0.2) is 5.78 Å². The first kappa shape index (κ1) is 21.7. The minimum Gasteiger partial charge on any atom is -0.497 e. The van der Waals surface area contributed by atoms with Crippen molar-refractivity contribution in [3.63, 3.8) is 0 Å². The van der Waals surface area contributed by atoms with Crippen molar-refractivity contribution in [3.05, 3.63) is 83.2 Å². The maximum atomic E-state index is 13.5. The number of allylic oxidation sites excluding steroid dienone is 2. The lowest BCUT2D eigenvalue weighted by molar-refractivity contribution is -0.144. The second-order valence-corrected chi connectivity index (χ2v) is 8.10. The van der Waals surface area contributed by atoms with Crippen molar-refractivity contribution >= 4 is 11.8 Å². The Morgan fingerprint density at radius 2 is 1.47 bits per heavy atom. The number of ketones is 1. The molecule has 0 aromatic heterocycles. The van der Waals surface area contributed by atoms with E-state index in [2.05, 4.69) is 11.9 Å². The van der Waals surface area contributed by atoms with Crippen LogP contribution < -0.4 is 14.8 Å². The molecule has 1 N–H and O–H groups in total. The van der Waals surface area contributed by atoms with Gasteiger partial charge < -0.3 is 19.5 Å². The molecule has 1 aliphatic carbocycles. The van der Waals surface area contributed by atoms with Crippen LogP contribution >= 0.6 is 0 Å². The number of Topliss-reactive ketones (excluding diaryl/α,β-unsaturated/α-hetero) is 1. The molecule has 6 nitrogen and oxygen atoms in total. The van der Waals surface area contributed by atoms with Crippen molar-refractivity contribution in [1.29, 1.82) is 0 Å². The Morgan fingerprint density at radius 3 is 2.00 bits per heavy atom. The topological polar surface area (TPSA) is 73.9 Å². The zero-order valence-electron chi connectivity index (χ0n) is 18.5. The fraction of sp³-hybridized carbons (Fsp3) is 0.308. The quantitative estimate of drug-likeness (QED) is 0.716. The molecule has 0 saturated carbocycles. The molecular weight excluding hydrogens is 406 g/mol. The third kappa shape index (κ3) is 3.88. The summed E-state index contributed by atoms with van der Waals surface area (Å²) in [6, 6.07) is 15.3. The van der Waals surface area contributed by atoms with Gasteiger partial charge in [-0.1, -0.05) is 30.8 Å². The number of hydrogen-bond donors (Lipinski definition) is 1. The molecule has 3 unspecified atom stereocenters. The highest BCUT2D eigenvalue weighted by Crippen LogP contribution is 2.47. The van der Waals surface area contributed by atoms with E-state index in [1.54, 1.807) is 14.2 Å². The van der Waals surface area contributed by atoms with Crippen molar-refractivity contribution in [2.75, 3.05) is 21.3 Å². The largest absolute Gasteiger partial charge is 0.497 e. The molecular formula is C26H27NO5. The predicted molar refractivity (Wildman–Crippen MR) is 121 cm³/mol. The first-order valence-electron chi connectivity index (χ1n) is 10.5. The molecule has 1 aliphatic heterocycles. The number of esters is 1. The highest BCUT2D eigenvalue weighted by Gasteiger charge is 2.45. The van der Waals surface area contributed by atoms with E-state index in [0.717, 1.165) is 22.6 Å². The molecule has 4 rings (SSSR count). The lowest BCUT2D eigenvalue weighted by Gasteiger charge is -2.40. The van der Waals surface area contributed by atoms with E-state index in [0.29, 0.717) is 29.9 Å². The molecule has 6 heteroatoms. The van der Waals surface area contributed by atoms with Crippen LogP contribution in [-0.2, 0) is 14.3 Å². The summed E-state index contributed by atoms with van der Waals surface area (Å²) in [7, 11) is 4.58. The Labute approximate surface area is 187 Å². The van der Waals surface area contributed by atoms with E-state index in [1.807, 2.05) is 48.5 Å². The van der Waals surface area contributed by atoms with Crippen LogP contribution in [0.1, 0.15) is 35.8 Å². The molecule has 1 heterocycles. The standard InChI is InChI=1S/C26H27NO5/c1-15-23(26(29)32-4)24(17-7-11-20(31-3)12-8-17)25-21(27-15)13-18(14-22(25)28)16-5-9-19(30-2)10-6-16/h5-12,18,23-24,27H,1,13-14H2,2-4H3. The molecule has 2 aromatic carbocycles. The molecule has 0 amide bonds. The number of carbonyl (C=O) groups is 2. The van der Waals surface area contributed by atoms with Gasteiger partial charge in [-0.2, -0.15) is 0 Å². The summed E-state index contributed by atoms with van der Waals surface area (Å²) in [6.45, 7) is 4.11. The Kier molecular flexibility index (Phi) is 6.04. The maximum absolute atomic E-state index is 13.5. The van der Waals surface area contributed by atoms with Crippen LogP contribution in [0.3, 0.4) is 0 Å². The summed E-state index contributed by atoms with van der Waals surface area (Å²) in [6.07, 6.45) is 1.03. The van der Waals surface area contributed by atoms with Crippen molar-refractivity contribution in [2.24, 2.45) is 5.92 Å². The van der Waals surface area contributed by atoms with E-state index < -0.39 is 17.8 Å². The van der Waals surface area contributed by atoms with Gasteiger partial charge in [-0.05, 0) is 47.7 Å². The molecule has 0 saturated heterocycles. The number of rotatable bonds is 5. The molecule has 0 fully saturated rings. The molecule has 0 bridgehead atoms. The molecule has 2 aromatic rings. The predicted octanol–water partition coefficient (Wildman–Crippen LogP) is 4.09. The number of nitrogens with one attached hydrogen (secondary N) is 1. The van der Waals surface area contributed by atoms with E-state index in [1.165, 1.54) is 7.11 Å². The third-order valence-electron chi connectivity index (χ3n) is 6.36. The highest BCUT2D eigenvalue weighted by atomic mass is 16.5. The van der Waals surface area contributed by atoms with Gasteiger partial charge in [0.25, 0.3) is 0 Å². The summed E-state index contributed by atoms with van der Waals surface area (Å²) in [5.41, 5.74) is 3.94. The zero-order chi connectivity index (χ0) is 22.8. The average molecular weight is 434 g/mol. The molecule has 32 heavy (non-hydrogen) atoms. The van der Waals surface area contributed by atoms with Gasteiger partial charge in [0, 0.05) is 29.3 Å². The number of methoxy groups -OCH3 is 3. The van der Waals surface area contributed by atoms with Gasteiger partial charge in [0.05, 0.1) is 21.3 Å². The monoisotopic (exact) mass is 433 g/mol. The minimum absolute atomic E-state index is 0.0294. The van der Waals surface area contributed by atoms with E-state index in [9.17, 15) is 9.59 Å². The third-order valence-corrected chi connectivity index (χ3v) is 6.36. The van der Waals surface area contributed by atoms with Crippen LogP contribution in [0.25, 0.3) is 0 Å². The fourth-order valence-electron chi connectivity index (χ4n) is 4.74. The van der Waals surface area contributed by atoms with Gasteiger partial charge in [-0.15, -0.1) is 0 Å². The fourth-order valence-corrected chi connectivity index (χ4v) is 4.74. The zero-order valence-corrected chi connectivity index (χ0v) is 18.5. The van der Waals surface area contributed by atoms with Crippen molar-refractivity contribution in [2.45, 2.75) is 24.7 Å². The summed E-state index contributed by atoms with van der Waals surface area (Å²) in [5, 5.41) is 3.27. The summed E-state index contributed by atoms with van der Waals surface area (Å²) in [5.74, 6) is -0.00392. The summed E-state index contributed by atoms with van der Waals surface area (Å²) >= 11 is 0. The lowest BCUT2D eigenvalue weighted by Crippen LogP contribution is -2.42. The molecule has 3 atom stereocenters. The summed E-state index contributed by atoms with van der Waals surface area (Å²) < 4.78 is 15.6. The molecule has 166 valence electrons. The Morgan fingerprint density at radius 1 is 0.906 bits per heavy atom. The average Bonchev–Trinajstić information content (AvgIpc) is 2.82. The van der Waals surface area contributed by atoms with Gasteiger partial charge in [0.1, 0.15) is 17.4 Å². The van der Waals surface area contributed by atoms with E-state index in [-0.39, 0.29) is 11.7 Å². The van der Waals surface area contributed by atoms with Crippen LogP contribution in [-0.4, -0.2) is 33.1 Å². The molecule has 2 aliphatic rings. The van der Waals surface area contributed by atoms with Crippen LogP contribution in [0.2, 0.25) is 0 Å². The van der Waals surface area contributed by atoms with Crippen LogP contribution in [0.5, 0.6) is 11.5 Å². The number of ether oxygens (including phenoxy) is 3. The second-order valence-electron chi connectivity index (χ2n) is 8.10. The number of hydrogen-bond acceptors (Lipinski definition) is 6. The smallest absolute Gasteiger partial charge is 0.315 e. The minimum atomic E-state index is -0.686.